The maximum Gasteiger partial charge on any atom is 0.255 e. The van der Waals surface area contributed by atoms with Crippen LogP contribution in [0.3, 0.4) is 0 Å². The molecule has 0 aliphatic carbocycles. The Balaban J connectivity index is 1.53. The van der Waals surface area contributed by atoms with Crippen molar-refractivity contribution in [2.24, 2.45) is 0 Å². The molecule has 1 amide bonds. The standard InChI is InChI=1S/C19H19N5O/c25-19(15-9-11-20-12-10-15)21-16-7-5-14(6-8-16)18-23-22-17-4-2-1-3-13-24(17)18/h5-12H,1-4,13H2,(H,21,25). The first kappa shape index (κ1) is 15.5. The molecular formula is C19H19N5O. The minimum absolute atomic E-state index is 0.147. The van der Waals surface area contributed by atoms with Crippen molar-refractivity contribution in [3.8, 4) is 11.4 Å². The first-order chi connectivity index (χ1) is 12.3. The zero-order chi connectivity index (χ0) is 17.1. The topological polar surface area (TPSA) is 72.7 Å². The smallest absolute Gasteiger partial charge is 0.255 e. The molecule has 1 aliphatic rings. The van der Waals surface area contributed by atoms with Crippen LogP contribution in [0.2, 0.25) is 0 Å². The van der Waals surface area contributed by atoms with Gasteiger partial charge in [-0.2, -0.15) is 0 Å². The van der Waals surface area contributed by atoms with Crippen LogP contribution in [0, 0.1) is 0 Å². The molecule has 0 atom stereocenters. The van der Waals surface area contributed by atoms with E-state index in [0.29, 0.717) is 5.56 Å². The molecule has 25 heavy (non-hydrogen) atoms. The number of fused-ring (bicyclic) bond motifs is 1. The number of anilines is 1. The fraction of sp³-hybridized carbons (Fsp3) is 0.263. The van der Waals surface area contributed by atoms with E-state index in [9.17, 15) is 4.79 Å². The third-order valence-electron chi connectivity index (χ3n) is 4.45. The van der Waals surface area contributed by atoms with Crippen LogP contribution in [0.4, 0.5) is 5.69 Å². The van der Waals surface area contributed by atoms with E-state index in [1.807, 2.05) is 24.3 Å². The summed E-state index contributed by atoms with van der Waals surface area (Å²) in [4.78, 5) is 16.1. The maximum absolute atomic E-state index is 12.2. The third kappa shape index (κ3) is 3.28. The van der Waals surface area contributed by atoms with Gasteiger partial charge in [-0.3, -0.25) is 9.78 Å². The Kier molecular flexibility index (Phi) is 4.24. The molecule has 0 spiro atoms. The molecule has 2 aromatic heterocycles. The molecule has 0 unspecified atom stereocenters. The normalized spacial score (nSPS) is 13.8. The molecule has 3 aromatic rings. The van der Waals surface area contributed by atoms with E-state index in [0.717, 1.165) is 42.3 Å². The molecule has 0 radical (unpaired) electrons. The molecule has 0 saturated carbocycles. The second-order valence-electron chi connectivity index (χ2n) is 6.17. The van der Waals surface area contributed by atoms with Crippen LogP contribution in [0.1, 0.15) is 35.4 Å². The first-order valence-electron chi connectivity index (χ1n) is 8.55. The molecule has 4 rings (SSSR count). The number of aryl methyl sites for hydroxylation is 1. The van der Waals surface area contributed by atoms with Gasteiger partial charge in [-0.15, -0.1) is 10.2 Å². The van der Waals surface area contributed by atoms with Gasteiger partial charge in [0.05, 0.1) is 0 Å². The molecule has 0 bridgehead atoms. The Morgan fingerprint density at radius 1 is 0.960 bits per heavy atom. The highest BCUT2D eigenvalue weighted by Gasteiger charge is 2.16. The van der Waals surface area contributed by atoms with Crippen molar-refractivity contribution in [3.05, 3.63) is 60.2 Å². The summed E-state index contributed by atoms with van der Waals surface area (Å²) >= 11 is 0. The average Bonchev–Trinajstić information content (AvgIpc) is 2.91. The van der Waals surface area contributed by atoms with Crippen molar-refractivity contribution in [2.75, 3.05) is 5.32 Å². The number of amides is 1. The third-order valence-corrected chi connectivity index (χ3v) is 4.45. The van der Waals surface area contributed by atoms with E-state index in [-0.39, 0.29) is 5.91 Å². The molecular weight excluding hydrogens is 314 g/mol. The number of carbonyl (C=O) groups excluding carboxylic acids is 1. The number of hydrogen-bond acceptors (Lipinski definition) is 4. The van der Waals surface area contributed by atoms with E-state index < -0.39 is 0 Å². The molecule has 126 valence electrons. The lowest BCUT2D eigenvalue weighted by Crippen LogP contribution is -2.11. The van der Waals surface area contributed by atoms with Gasteiger partial charge in [-0.05, 0) is 49.2 Å². The highest BCUT2D eigenvalue weighted by molar-refractivity contribution is 6.04. The predicted molar refractivity (Wildman–Crippen MR) is 95.2 cm³/mol. The van der Waals surface area contributed by atoms with Crippen molar-refractivity contribution in [1.29, 1.82) is 0 Å². The number of pyridine rings is 1. The number of nitrogens with one attached hydrogen (secondary N) is 1. The quantitative estimate of drug-likeness (QED) is 0.798. The molecule has 6 nitrogen and oxygen atoms in total. The minimum atomic E-state index is -0.147. The van der Waals surface area contributed by atoms with E-state index in [4.69, 9.17) is 0 Å². The van der Waals surface area contributed by atoms with E-state index in [2.05, 4.69) is 25.1 Å². The summed E-state index contributed by atoms with van der Waals surface area (Å²) in [6, 6.07) is 11.1. The van der Waals surface area contributed by atoms with Crippen molar-refractivity contribution >= 4 is 11.6 Å². The number of aromatic nitrogens is 4. The summed E-state index contributed by atoms with van der Waals surface area (Å²) in [5.41, 5.74) is 2.35. The molecule has 0 saturated heterocycles. The van der Waals surface area contributed by atoms with Crippen LogP contribution in [0.25, 0.3) is 11.4 Å². The van der Waals surface area contributed by atoms with Gasteiger partial charge in [0.2, 0.25) is 0 Å². The van der Waals surface area contributed by atoms with E-state index >= 15 is 0 Å². The molecule has 1 aromatic carbocycles. The summed E-state index contributed by atoms with van der Waals surface area (Å²) < 4.78 is 2.22. The SMILES string of the molecule is O=C(Nc1ccc(-c2nnc3n2CCCCC3)cc1)c1ccncc1. The van der Waals surface area contributed by atoms with Crippen molar-refractivity contribution in [1.82, 2.24) is 19.7 Å². The highest BCUT2D eigenvalue weighted by Crippen LogP contribution is 2.24. The summed E-state index contributed by atoms with van der Waals surface area (Å²) in [5, 5.41) is 11.6. The van der Waals surface area contributed by atoms with Crippen LogP contribution in [-0.4, -0.2) is 25.7 Å². The van der Waals surface area contributed by atoms with Crippen molar-refractivity contribution in [3.63, 3.8) is 0 Å². The van der Waals surface area contributed by atoms with Crippen molar-refractivity contribution in [2.45, 2.75) is 32.2 Å². The van der Waals surface area contributed by atoms with Gasteiger partial charge >= 0.3 is 0 Å². The molecule has 1 N–H and O–H groups in total. The molecule has 3 heterocycles. The Morgan fingerprint density at radius 2 is 1.76 bits per heavy atom. The predicted octanol–water partition coefficient (Wildman–Crippen LogP) is 3.32. The lowest BCUT2D eigenvalue weighted by atomic mass is 10.2. The number of hydrogen-bond donors (Lipinski definition) is 1. The summed E-state index contributed by atoms with van der Waals surface area (Å²) in [7, 11) is 0. The van der Waals surface area contributed by atoms with Crippen molar-refractivity contribution < 1.29 is 4.79 Å². The Hall–Kier alpha value is -3.02. The van der Waals surface area contributed by atoms with Crippen LogP contribution in [0.5, 0.6) is 0 Å². The van der Waals surface area contributed by atoms with Gasteiger partial charge in [0.15, 0.2) is 5.82 Å². The lowest BCUT2D eigenvalue weighted by Gasteiger charge is -2.08. The molecule has 0 fully saturated rings. The number of carbonyl (C=O) groups is 1. The van der Waals surface area contributed by atoms with Gasteiger partial charge in [-0.25, -0.2) is 0 Å². The molecule has 6 heteroatoms. The van der Waals surface area contributed by atoms with E-state index in [1.54, 1.807) is 24.5 Å². The maximum atomic E-state index is 12.2. The summed E-state index contributed by atoms with van der Waals surface area (Å²) in [6.45, 7) is 0.970. The second-order valence-corrected chi connectivity index (χ2v) is 6.17. The highest BCUT2D eigenvalue weighted by atomic mass is 16.1. The zero-order valence-corrected chi connectivity index (χ0v) is 13.9. The monoisotopic (exact) mass is 333 g/mol. The summed E-state index contributed by atoms with van der Waals surface area (Å²) in [5.74, 6) is 1.83. The van der Waals surface area contributed by atoms with Gasteiger partial charge in [0.1, 0.15) is 5.82 Å². The van der Waals surface area contributed by atoms with Gasteiger partial charge in [-0.1, -0.05) is 6.42 Å². The first-order valence-corrected chi connectivity index (χ1v) is 8.55. The lowest BCUT2D eigenvalue weighted by molar-refractivity contribution is 0.102. The molecule has 1 aliphatic heterocycles. The van der Waals surface area contributed by atoms with Gasteiger partial charge < -0.3 is 9.88 Å². The zero-order valence-electron chi connectivity index (χ0n) is 13.9. The van der Waals surface area contributed by atoms with Gasteiger partial charge in [0, 0.05) is 42.2 Å². The fourth-order valence-corrected chi connectivity index (χ4v) is 3.11. The number of nitrogens with zero attached hydrogens (tertiary/aromatic N) is 4. The average molecular weight is 333 g/mol. The van der Waals surface area contributed by atoms with Crippen LogP contribution in [-0.2, 0) is 13.0 Å². The minimum Gasteiger partial charge on any atom is -0.322 e. The van der Waals surface area contributed by atoms with E-state index in [1.165, 1.54) is 12.8 Å². The Bertz CT molecular complexity index is 871. The van der Waals surface area contributed by atoms with Crippen LogP contribution in [0.15, 0.2) is 48.8 Å². The van der Waals surface area contributed by atoms with Crippen LogP contribution >= 0.6 is 0 Å². The number of rotatable bonds is 3. The van der Waals surface area contributed by atoms with Gasteiger partial charge in [0.25, 0.3) is 5.91 Å². The second kappa shape index (κ2) is 6.84. The van der Waals surface area contributed by atoms with Crippen LogP contribution < -0.4 is 5.32 Å². The fourth-order valence-electron chi connectivity index (χ4n) is 3.11. The largest absolute Gasteiger partial charge is 0.322 e. The summed E-state index contributed by atoms with van der Waals surface area (Å²) in [6.07, 6.45) is 7.79. The Labute approximate surface area is 145 Å². The Morgan fingerprint density at radius 3 is 2.56 bits per heavy atom. The number of benzene rings is 1.